The third kappa shape index (κ3) is 3.20. The van der Waals surface area contributed by atoms with Crippen LogP contribution in [0, 0.1) is 0 Å². The molecule has 1 aliphatic heterocycles. The van der Waals surface area contributed by atoms with Gasteiger partial charge in [0, 0.05) is 5.54 Å². The molecule has 1 saturated heterocycles. The molecule has 1 unspecified atom stereocenters. The first-order valence-electron chi connectivity index (χ1n) is 9.27. The molecule has 0 aromatic rings. The minimum absolute atomic E-state index is 0.311. The highest BCUT2D eigenvalue weighted by Gasteiger charge is 2.46. The highest BCUT2D eigenvalue weighted by Crippen LogP contribution is 2.42. The number of hydrogen-bond donors (Lipinski definition) is 2. The summed E-state index contributed by atoms with van der Waals surface area (Å²) in [5.74, 6) is 6.11. The van der Waals surface area contributed by atoms with E-state index in [1.807, 2.05) is 0 Å². The van der Waals surface area contributed by atoms with Gasteiger partial charge in [0.05, 0.1) is 6.04 Å². The summed E-state index contributed by atoms with van der Waals surface area (Å²) in [6, 6.07) is 0.385. The molecule has 1 saturated carbocycles. The first-order chi connectivity index (χ1) is 10.4. The number of nitrogens with two attached hydrogens (primary N) is 1. The number of hydrazine groups is 1. The van der Waals surface area contributed by atoms with E-state index < -0.39 is 0 Å². The Hall–Kier alpha value is -0.380. The predicted molar refractivity (Wildman–Crippen MR) is 88.9 cm³/mol. The Bertz CT molecular complexity index is 351. The van der Waals surface area contributed by atoms with E-state index in [-0.39, 0.29) is 0 Å². The zero-order valence-electron chi connectivity index (χ0n) is 13.6. The summed E-state index contributed by atoms with van der Waals surface area (Å²) in [5, 5.41) is 0. The van der Waals surface area contributed by atoms with Crippen LogP contribution in [0.1, 0.15) is 77.0 Å². The van der Waals surface area contributed by atoms with E-state index in [9.17, 15) is 0 Å². The second kappa shape index (κ2) is 7.26. The Balaban J connectivity index is 1.84. The smallest absolute Gasteiger partial charge is 0.0604 e. The minimum atomic E-state index is 0.311. The van der Waals surface area contributed by atoms with Crippen LogP contribution in [0.2, 0.25) is 0 Å². The first-order valence-corrected chi connectivity index (χ1v) is 9.27. The summed E-state index contributed by atoms with van der Waals surface area (Å²) in [4.78, 5) is 2.81. The molecule has 3 N–H and O–H groups in total. The fourth-order valence-electron chi connectivity index (χ4n) is 5.02. The maximum absolute atomic E-state index is 6.11. The summed E-state index contributed by atoms with van der Waals surface area (Å²) in [7, 11) is 0. The molecule has 3 heteroatoms. The van der Waals surface area contributed by atoms with Crippen LogP contribution < -0.4 is 11.3 Å². The standard InChI is InChI=1S/C18H33N3/c19-20-17(16-10-4-1-2-5-11-16)18(12-6-7-13-18)21-14-8-3-9-15-21/h10,17,20H,1-9,11-15,19H2. The molecule has 0 aromatic carbocycles. The topological polar surface area (TPSA) is 41.3 Å². The molecule has 0 spiro atoms. The van der Waals surface area contributed by atoms with Crippen molar-refractivity contribution in [2.75, 3.05) is 13.1 Å². The SMILES string of the molecule is NNC(C1=CCCCCC1)C1(N2CCCCC2)CCCC1. The molecule has 2 fully saturated rings. The van der Waals surface area contributed by atoms with Crippen LogP contribution in [0.25, 0.3) is 0 Å². The van der Waals surface area contributed by atoms with Gasteiger partial charge in [-0.1, -0.05) is 37.3 Å². The molecule has 3 aliphatic rings. The van der Waals surface area contributed by atoms with Gasteiger partial charge in [0.1, 0.15) is 0 Å². The van der Waals surface area contributed by atoms with Gasteiger partial charge >= 0.3 is 0 Å². The molecule has 1 atom stereocenters. The Labute approximate surface area is 130 Å². The van der Waals surface area contributed by atoms with Gasteiger partial charge in [-0.15, -0.1) is 0 Å². The number of nitrogens with zero attached hydrogens (tertiary/aromatic N) is 1. The summed E-state index contributed by atoms with van der Waals surface area (Å²) < 4.78 is 0. The van der Waals surface area contributed by atoms with Gasteiger partial charge in [-0.25, -0.2) is 0 Å². The van der Waals surface area contributed by atoms with Gasteiger partial charge in [-0.2, -0.15) is 0 Å². The lowest BCUT2D eigenvalue weighted by Gasteiger charge is -2.49. The molecular formula is C18H33N3. The van der Waals surface area contributed by atoms with Crippen molar-refractivity contribution in [1.29, 1.82) is 0 Å². The Kier molecular flexibility index (Phi) is 5.36. The molecule has 2 aliphatic carbocycles. The van der Waals surface area contributed by atoms with E-state index in [0.29, 0.717) is 11.6 Å². The second-order valence-corrected chi connectivity index (χ2v) is 7.34. The monoisotopic (exact) mass is 291 g/mol. The van der Waals surface area contributed by atoms with Gasteiger partial charge in [0.25, 0.3) is 0 Å². The average Bonchev–Trinajstić information content (AvgIpc) is 2.87. The lowest BCUT2D eigenvalue weighted by atomic mass is 9.79. The van der Waals surface area contributed by atoms with E-state index >= 15 is 0 Å². The van der Waals surface area contributed by atoms with Gasteiger partial charge in [0.15, 0.2) is 0 Å². The van der Waals surface area contributed by atoms with Crippen LogP contribution in [0.3, 0.4) is 0 Å². The van der Waals surface area contributed by atoms with Crippen molar-refractivity contribution in [1.82, 2.24) is 10.3 Å². The summed E-state index contributed by atoms with van der Waals surface area (Å²) in [5.41, 5.74) is 5.19. The molecule has 3 rings (SSSR count). The fraction of sp³-hybridized carbons (Fsp3) is 0.889. The van der Waals surface area contributed by atoms with Gasteiger partial charge < -0.3 is 0 Å². The van der Waals surface area contributed by atoms with E-state index in [1.54, 1.807) is 5.57 Å². The maximum atomic E-state index is 6.11. The summed E-state index contributed by atoms with van der Waals surface area (Å²) in [6.45, 7) is 2.57. The lowest BCUT2D eigenvalue weighted by molar-refractivity contribution is 0.0460. The quantitative estimate of drug-likeness (QED) is 0.473. The molecule has 3 nitrogen and oxygen atoms in total. The molecule has 120 valence electrons. The second-order valence-electron chi connectivity index (χ2n) is 7.34. The van der Waals surface area contributed by atoms with Crippen molar-refractivity contribution in [3.05, 3.63) is 11.6 Å². The fourth-order valence-corrected chi connectivity index (χ4v) is 5.02. The maximum Gasteiger partial charge on any atom is 0.0604 e. The van der Waals surface area contributed by atoms with E-state index in [0.717, 1.165) is 0 Å². The first kappa shape index (κ1) is 15.5. The van der Waals surface area contributed by atoms with Gasteiger partial charge in [0.2, 0.25) is 0 Å². The van der Waals surface area contributed by atoms with Crippen LogP contribution in [-0.2, 0) is 0 Å². The third-order valence-corrected chi connectivity index (χ3v) is 6.11. The molecule has 0 radical (unpaired) electrons. The highest BCUT2D eigenvalue weighted by molar-refractivity contribution is 5.22. The van der Waals surface area contributed by atoms with Crippen LogP contribution in [-0.4, -0.2) is 29.6 Å². The highest BCUT2D eigenvalue weighted by atomic mass is 15.3. The molecule has 21 heavy (non-hydrogen) atoms. The molecular weight excluding hydrogens is 258 g/mol. The van der Waals surface area contributed by atoms with Crippen molar-refractivity contribution in [2.24, 2.45) is 5.84 Å². The number of nitrogens with one attached hydrogen (secondary N) is 1. The van der Waals surface area contributed by atoms with Crippen LogP contribution in [0.4, 0.5) is 0 Å². The van der Waals surface area contributed by atoms with E-state index in [2.05, 4.69) is 16.4 Å². The van der Waals surface area contributed by atoms with Crippen LogP contribution >= 0.6 is 0 Å². The number of hydrogen-bond acceptors (Lipinski definition) is 3. The van der Waals surface area contributed by atoms with Crippen molar-refractivity contribution < 1.29 is 0 Å². The summed E-state index contributed by atoms with van der Waals surface area (Å²) in [6.07, 6.45) is 18.7. The molecule has 0 bridgehead atoms. The normalized spacial score (nSPS) is 28.9. The van der Waals surface area contributed by atoms with Crippen molar-refractivity contribution >= 4 is 0 Å². The van der Waals surface area contributed by atoms with Gasteiger partial charge in [-0.3, -0.25) is 16.2 Å². The number of rotatable bonds is 4. The van der Waals surface area contributed by atoms with E-state index in [4.69, 9.17) is 5.84 Å². The Morgan fingerprint density at radius 1 is 0.952 bits per heavy atom. The van der Waals surface area contributed by atoms with E-state index in [1.165, 1.54) is 90.1 Å². The van der Waals surface area contributed by atoms with Crippen molar-refractivity contribution in [2.45, 2.75) is 88.6 Å². The lowest BCUT2D eigenvalue weighted by Crippen LogP contribution is -2.63. The van der Waals surface area contributed by atoms with Crippen molar-refractivity contribution in [3.8, 4) is 0 Å². The van der Waals surface area contributed by atoms with Gasteiger partial charge in [-0.05, 0) is 64.5 Å². The Morgan fingerprint density at radius 2 is 1.67 bits per heavy atom. The zero-order valence-corrected chi connectivity index (χ0v) is 13.6. The number of piperidine rings is 1. The summed E-state index contributed by atoms with van der Waals surface area (Å²) >= 11 is 0. The number of likely N-dealkylation sites (tertiary alicyclic amines) is 1. The minimum Gasteiger partial charge on any atom is -0.296 e. The van der Waals surface area contributed by atoms with Crippen molar-refractivity contribution in [3.63, 3.8) is 0 Å². The third-order valence-electron chi connectivity index (χ3n) is 6.11. The molecule has 0 aromatic heterocycles. The zero-order chi connectivity index (χ0) is 14.5. The largest absolute Gasteiger partial charge is 0.296 e. The molecule has 0 amide bonds. The van der Waals surface area contributed by atoms with Crippen LogP contribution in [0.5, 0.6) is 0 Å². The molecule has 1 heterocycles. The van der Waals surface area contributed by atoms with Crippen LogP contribution in [0.15, 0.2) is 11.6 Å². The Morgan fingerprint density at radius 3 is 2.38 bits per heavy atom. The average molecular weight is 291 g/mol. The predicted octanol–water partition coefficient (Wildman–Crippen LogP) is 3.51. The number of allylic oxidation sites excluding steroid dienone is 1.